The fourth-order valence-corrected chi connectivity index (χ4v) is 10.9. The van der Waals surface area contributed by atoms with E-state index in [0.29, 0.717) is 18.3 Å². The first-order chi connectivity index (χ1) is 25.2. The van der Waals surface area contributed by atoms with Gasteiger partial charge in [0.1, 0.15) is 22.8 Å². The van der Waals surface area contributed by atoms with Crippen LogP contribution in [0.4, 0.5) is 0 Å². The minimum Gasteiger partial charge on any atom is -0.460 e. The second kappa shape index (κ2) is 17.8. The molecule has 2 aromatic carbocycles. The predicted molar refractivity (Wildman–Crippen MR) is 214 cm³/mol. The summed E-state index contributed by atoms with van der Waals surface area (Å²) in [7, 11) is 0. The lowest BCUT2D eigenvalue weighted by atomic mass is 9.56. The van der Waals surface area contributed by atoms with Crippen LogP contribution in [0.3, 0.4) is 0 Å². The number of hydrogen-bond donors (Lipinski definition) is 2. The highest BCUT2D eigenvalue weighted by atomic mass is 32.2. The van der Waals surface area contributed by atoms with Crippen molar-refractivity contribution in [1.29, 1.82) is 0 Å². The molecule has 0 spiro atoms. The van der Waals surface area contributed by atoms with Crippen LogP contribution >= 0.6 is 23.5 Å². The Bertz CT molecular complexity index is 1550. The highest BCUT2D eigenvalue weighted by molar-refractivity contribution is 8.00. The third kappa shape index (κ3) is 8.92. The van der Waals surface area contributed by atoms with Crippen LogP contribution in [-0.2, 0) is 9.57 Å². The molecule has 4 aliphatic rings. The van der Waals surface area contributed by atoms with Gasteiger partial charge in [0.05, 0.1) is 23.5 Å². The molecule has 2 saturated carbocycles. The summed E-state index contributed by atoms with van der Waals surface area (Å²) in [5.74, 6) is 1.88. The molecule has 1 aliphatic heterocycles. The molecular formula is C43H59NO6S2. The van der Waals surface area contributed by atoms with E-state index < -0.39 is 11.4 Å². The van der Waals surface area contributed by atoms with Crippen molar-refractivity contribution in [2.45, 2.75) is 124 Å². The Morgan fingerprint density at radius 3 is 2.37 bits per heavy atom. The molecule has 0 amide bonds. The zero-order chi connectivity index (χ0) is 36.7. The van der Waals surface area contributed by atoms with E-state index in [4.69, 9.17) is 24.2 Å². The molecule has 2 fully saturated rings. The van der Waals surface area contributed by atoms with Gasteiger partial charge in [-0.1, -0.05) is 43.0 Å². The average molecular weight is 750 g/mol. The van der Waals surface area contributed by atoms with Crippen LogP contribution in [0.1, 0.15) is 103 Å². The van der Waals surface area contributed by atoms with Gasteiger partial charge in [0, 0.05) is 41.3 Å². The number of thioether (sulfide) groups is 2. The number of nitrogens with zero attached hydrogens (tertiary/aromatic N) is 1. The van der Waals surface area contributed by atoms with Gasteiger partial charge < -0.3 is 29.3 Å². The topological polar surface area (TPSA) is 89.7 Å². The molecule has 0 unspecified atom stereocenters. The van der Waals surface area contributed by atoms with E-state index in [1.54, 1.807) is 11.8 Å². The molecule has 0 bridgehead atoms. The molecule has 6 rings (SSSR count). The van der Waals surface area contributed by atoms with Crippen molar-refractivity contribution in [3.05, 3.63) is 72.3 Å². The number of unbranched alkanes of at least 4 members (excludes halogenated alkanes) is 2. The smallest absolute Gasteiger partial charge is 0.230 e. The van der Waals surface area contributed by atoms with Crippen LogP contribution in [0.5, 0.6) is 17.2 Å². The molecule has 52 heavy (non-hydrogen) atoms. The molecule has 1 heterocycles. The minimum absolute atomic E-state index is 0.00873. The summed E-state index contributed by atoms with van der Waals surface area (Å²) in [6.45, 7) is 10.9. The minimum atomic E-state index is -0.937. The quantitative estimate of drug-likeness (QED) is 0.0715. The summed E-state index contributed by atoms with van der Waals surface area (Å²) in [5, 5.41) is 25.2. The summed E-state index contributed by atoms with van der Waals surface area (Å²) in [5.41, 5.74) is 2.86. The number of oxime groups is 1. The van der Waals surface area contributed by atoms with E-state index in [-0.39, 0.29) is 42.1 Å². The zero-order valence-electron chi connectivity index (χ0n) is 31.6. The molecule has 0 aromatic heterocycles. The molecule has 6 atom stereocenters. The molecule has 9 heteroatoms. The molecule has 2 aromatic rings. The third-order valence-corrected chi connectivity index (χ3v) is 13.4. The first kappa shape index (κ1) is 39.3. The Morgan fingerprint density at radius 2 is 1.69 bits per heavy atom. The van der Waals surface area contributed by atoms with Gasteiger partial charge >= 0.3 is 0 Å². The van der Waals surface area contributed by atoms with Gasteiger partial charge in [-0.3, -0.25) is 0 Å². The van der Waals surface area contributed by atoms with E-state index in [0.717, 1.165) is 67.0 Å². The van der Waals surface area contributed by atoms with Gasteiger partial charge in [-0.05, 0) is 125 Å². The predicted octanol–water partition coefficient (Wildman–Crippen LogP) is 10.3. The molecule has 0 saturated heterocycles. The number of aliphatic hydroxyl groups excluding tert-OH is 2. The van der Waals surface area contributed by atoms with Crippen LogP contribution in [0, 0.1) is 17.8 Å². The monoisotopic (exact) mass is 749 g/mol. The van der Waals surface area contributed by atoms with Crippen molar-refractivity contribution in [3.8, 4) is 17.2 Å². The van der Waals surface area contributed by atoms with Crippen molar-refractivity contribution in [2.24, 2.45) is 22.9 Å². The normalized spacial score (nSPS) is 27.8. The van der Waals surface area contributed by atoms with Crippen LogP contribution < -0.4 is 9.47 Å². The first-order valence-electron chi connectivity index (χ1n) is 19.4. The summed E-state index contributed by atoms with van der Waals surface area (Å²) in [4.78, 5) is 7.43. The largest absolute Gasteiger partial charge is 0.460 e. The van der Waals surface area contributed by atoms with Gasteiger partial charge in [-0.2, -0.15) is 0 Å². The Balaban J connectivity index is 1.53. The Labute approximate surface area is 320 Å². The van der Waals surface area contributed by atoms with Crippen LogP contribution in [0.25, 0.3) is 0 Å². The standard InChI is InChI=1S/C43H59NO6S2/c1-6-25-47-43-39(52-33-14-7-8-15-33)28-37(44-50-42(2,3)4)35-26-29(13-9-11-23-45)34(16-10-12-24-46)40(41(35)43)36-27-31(19-22-38(36)49-43)48-30-17-20-32(51-5)21-18-30/h6,17-22,26-27,29,33-34,39-41,45-46H,1,7-16,23-25,28H2,2-5H3/t29-,34+,39-,40+,41+,43+/m0/s1. The number of ether oxygens (including phenoxy) is 3. The van der Waals surface area contributed by atoms with Crippen molar-refractivity contribution < 1.29 is 29.3 Å². The summed E-state index contributed by atoms with van der Waals surface area (Å²) < 4.78 is 21.0. The summed E-state index contributed by atoms with van der Waals surface area (Å²) in [6, 6.07) is 14.5. The number of fused-ring (bicyclic) bond motifs is 2. The van der Waals surface area contributed by atoms with Gasteiger partial charge in [-0.15, -0.1) is 30.1 Å². The van der Waals surface area contributed by atoms with E-state index in [9.17, 15) is 10.2 Å². The molecule has 7 nitrogen and oxygen atoms in total. The lowest BCUT2D eigenvalue weighted by molar-refractivity contribution is -0.223. The second-order valence-electron chi connectivity index (χ2n) is 15.8. The maximum Gasteiger partial charge on any atom is 0.230 e. The van der Waals surface area contributed by atoms with Crippen LogP contribution in [0.15, 0.2) is 76.8 Å². The van der Waals surface area contributed by atoms with Crippen LogP contribution in [0.2, 0.25) is 0 Å². The van der Waals surface area contributed by atoms with Crippen LogP contribution in [-0.4, -0.2) is 63.9 Å². The lowest BCUT2D eigenvalue weighted by Crippen LogP contribution is -2.64. The number of benzene rings is 2. The van der Waals surface area contributed by atoms with Gasteiger partial charge in [0.25, 0.3) is 0 Å². The first-order valence-corrected chi connectivity index (χ1v) is 21.6. The molecule has 0 radical (unpaired) electrons. The van der Waals surface area contributed by atoms with E-state index >= 15 is 0 Å². The van der Waals surface area contributed by atoms with E-state index in [1.165, 1.54) is 36.2 Å². The fraction of sp³-hybridized carbons (Fsp3) is 0.605. The van der Waals surface area contributed by atoms with Gasteiger partial charge in [0.2, 0.25) is 5.79 Å². The Kier molecular flexibility index (Phi) is 13.4. The highest BCUT2D eigenvalue weighted by Gasteiger charge is 2.64. The third-order valence-electron chi connectivity index (χ3n) is 11.0. The number of aliphatic hydroxyl groups is 2. The highest BCUT2D eigenvalue weighted by Crippen LogP contribution is 2.63. The number of rotatable bonds is 17. The van der Waals surface area contributed by atoms with Gasteiger partial charge in [0.15, 0.2) is 0 Å². The Hall–Kier alpha value is -2.43. The number of allylic oxidation sites excluding steroid dienone is 1. The number of hydrogen-bond acceptors (Lipinski definition) is 9. The second-order valence-corrected chi connectivity index (χ2v) is 18.2. The molecular weight excluding hydrogens is 691 g/mol. The molecule has 3 aliphatic carbocycles. The maximum absolute atomic E-state index is 9.89. The van der Waals surface area contributed by atoms with E-state index in [1.807, 2.05) is 56.8 Å². The van der Waals surface area contributed by atoms with Crippen molar-refractivity contribution in [3.63, 3.8) is 0 Å². The van der Waals surface area contributed by atoms with Crippen molar-refractivity contribution >= 4 is 29.2 Å². The lowest BCUT2D eigenvalue weighted by Gasteiger charge is -2.58. The maximum atomic E-state index is 9.89. The van der Waals surface area contributed by atoms with Crippen molar-refractivity contribution in [1.82, 2.24) is 0 Å². The molecule has 2 N–H and O–H groups in total. The fourth-order valence-electron chi connectivity index (χ4n) is 8.74. The van der Waals surface area contributed by atoms with Gasteiger partial charge in [-0.25, -0.2) is 0 Å². The average Bonchev–Trinajstić information content (AvgIpc) is 3.65. The summed E-state index contributed by atoms with van der Waals surface area (Å²) >= 11 is 3.74. The Morgan fingerprint density at radius 1 is 0.981 bits per heavy atom. The SMILES string of the molecule is C=CCO[C@@]12Oc3ccc(Oc4ccc(SC)cc4)cc3[C@H]3[C@H](CCCCO)[C@@H](CCCCO)C=C(C(=NOC(C)(C)C)C[C@@H]1SC1CCCC1)[C@H]32. The zero-order valence-corrected chi connectivity index (χ0v) is 33.2. The van der Waals surface area contributed by atoms with Crippen molar-refractivity contribution in [2.75, 3.05) is 26.1 Å². The summed E-state index contributed by atoms with van der Waals surface area (Å²) in [6.07, 6.45) is 17.3. The van der Waals surface area contributed by atoms with E-state index in [2.05, 4.69) is 43.2 Å². The molecule has 284 valence electrons.